The zero-order valence-corrected chi connectivity index (χ0v) is 13.1. The number of rotatable bonds is 6. The molecule has 1 atom stereocenters. The third kappa shape index (κ3) is 4.32. The van der Waals surface area contributed by atoms with Crippen LogP contribution in [0.25, 0.3) is 10.9 Å². The number of benzene rings is 1. The Hall–Kier alpha value is -2.83. The number of hydrogen-bond acceptors (Lipinski definition) is 3. The zero-order chi connectivity index (χ0) is 16.8. The molecule has 2 aromatic rings. The normalized spacial score (nSPS) is 11.7. The fourth-order valence-corrected chi connectivity index (χ4v) is 2.35. The van der Waals surface area contributed by atoms with Crippen molar-refractivity contribution >= 4 is 28.6 Å². The van der Waals surface area contributed by atoms with Crippen molar-refractivity contribution in [3.05, 3.63) is 36.0 Å². The van der Waals surface area contributed by atoms with Gasteiger partial charge in [0.25, 0.3) is 0 Å². The van der Waals surface area contributed by atoms with E-state index >= 15 is 0 Å². The van der Waals surface area contributed by atoms with E-state index in [9.17, 15) is 14.4 Å². The lowest BCUT2D eigenvalue weighted by Gasteiger charge is -2.17. The first-order chi connectivity index (χ1) is 11.0. The topological polar surface area (TPSA) is 103 Å². The predicted octanol–water partition coefficient (Wildman–Crippen LogP) is 0.0773. The highest BCUT2D eigenvalue weighted by Crippen LogP contribution is 2.19. The van der Waals surface area contributed by atoms with Gasteiger partial charge in [-0.3, -0.25) is 14.4 Å². The van der Waals surface area contributed by atoms with Gasteiger partial charge in [0.05, 0.1) is 6.54 Å². The minimum absolute atomic E-state index is 0.156. The number of carbonyl (C=O) groups excluding carboxylic acids is 3. The van der Waals surface area contributed by atoms with Crippen molar-refractivity contribution < 1.29 is 14.4 Å². The molecular weight excluding hydrogens is 296 g/mol. The number of hydrogen-bond donors (Lipinski definition) is 4. The molecule has 0 fully saturated rings. The van der Waals surface area contributed by atoms with Crippen LogP contribution < -0.4 is 16.0 Å². The summed E-state index contributed by atoms with van der Waals surface area (Å²) in [5.41, 5.74) is 1.91. The van der Waals surface area contributed by atoms with E-state index in [1.807, 2.05) is 30.5 Å². The van der Waals surface area contributed by atoms with Gasteiger partial charge in [0.2, 0.25) is 17.7 Å². The third-order valence-electron chi connectivity index (χ3n) is 3.49. The van der Waals surface area contributed by atoms with Crippen molar-refractivity contribution in [1.29, 1.82) is 0 Å². The summed E-state index contributed by atoms with van der Waals surface area (Å²) in [7, 11) is 1.52. The van der Waals surface area contributed by atoms with E-state index in [4.69, 9.17) is 0 Å². The lowest BCUT2D eigenvalue weighted by atomic mass is 10.0. The highest BCUT2D eigenvalue weighted by molar-refractivity contribution is 5.91. The van der Waals surface area contributed by atoms with Crippen molar-refractivity contribution in [2.24, 2.45) is 0 Å². The van der Waals surface area contributed by atoms with Crippen LogP contribution in [0.4, 0.5) is 0 Å². The largest absolute Gasteiger partial charge is 0.361 e. The second-order valence-electron chi connectivity index (χ2n) is 5.21. The molecule has 0 aliphatic heterocycles. The number of H-pyrrole nitrogens is 1. The van der Waals surface area contributed by atoms with Gasteiger partial charge < -0.3 is 20.9 Å². The van der Waals surface area contributed by atoms with Crippen LogP contribution >= 0.6 is 0 Å². The summed E-state index contributed by atoms with van der Waals surface area (Å²) in [6.07, 6.45) is 2.19. The van der Waals surface area contributed by atoms with Gasteiger partial charge in [-0.1, -0.05) is 18.2 Å². The Balaban J connectivity index is 2.11. The number of para-hydroxylation sites is 1. The van der Waals surface area contributed by atoms with Crippen LogP contribution in [-0.2, 0) is 20.8 Å². The number of nitrogens with one attached hydrogen (secondary N) is 4. The lowest BCUT2D eigenvalue weighted by Crippen LogP contribution is -2.49. The Labute approximate surface area is 133 Å². The van der Waals surface area contributed by atoms with Gasteiger partial charge in [-0.25, -0.2) is 0 Å². The summed E-state index contributed by atoms with van der Waals surface area (Å²) in [6, 6.07) is 7.04. The summed E-state index contributed by atoms with van der Waals surface area (Å²) < 4.78 is 0. The Kier molecular flexibility index (Phi) is 5.35. The zero-order valence-electron chi connectivity index (χ0n) is 13.1. The van der Waals surface area contributed by atoms with Gasteiger partial charge in [-0.05, 0) is 11.6 Å². The molecule has 1 aromatic heterocycles. The summed E-state index contributed by atoms with van der Waals surface area (Å²) in [6.45, 7) is 1.17. The first kappa shape index (κ1) is 16.5. The Morgan fingerprint density at radius 3 is 2.65 bits per heavy atom. The van der Waals surface area contributed by atoms with E-state index in [1.54, 1.807) is 0 Å². The Morgan fingerprint density at radius 1 is 1.22 bits per heavy atom. The van der Waals surface area contributed by atoms with Crippen molar-refractivity contribution in [2.75, 3.05) is 13.6 Å². The SMILES string of the molecule is CNC(=O)[C@H](Cc1c[nH]c2ccccc12)NC(=O)CNC(C)=O. The molecule has 1 aromatic carbocycles. The molecule has 0 aliphatic carbocycles. The Morgan fingerprint density at radius 2 is 1.96 bits per heavy atom. The average Bonchev–Trinajstić information content (AvgIpc) is 2.95. The summed E-state index contributed by atoms with van der Waals surface area (Å²) in [5.74, 6) is -0.992. The fraction of sp³-hybridized carbons (Fsp3) is 0.312. The fourth-order valence-electron chi connectivity index (χ4n) is 2.35. The first-order valence-electron chi connectivity index (χ1n) is 7.31. The number of likely N-dealkylation sites (N-methyl/N-ethyl adjacent to an activating group) is 1. The molecule has 0 aliphatic rings. The van der Waals surface area contributed by atoms with Crippen molar-refractivity contribution in [3.63, 3.8) is 0 Å². The first-order valence-corrected chi connectivity index (χ1v) is 7.31. The maximum Gasteiger partial charge on any atom is 0.242 e. The molecule has 23 heavy (non-hydrogen) atoms. The summed E-state index contributed by atoms with van der Waals surface area (Å²) in [4.78, 5) is 37.9. The van der Waals surface area contributed by atoms with Crippen LogP contribution in [-0.4, -0.2) is 42.3 Å². The molecule has 1 heterocycles. The van der Waals surface area contributed by atoms with Gasteiger partial charge >= 0.3 is 0 Å². The van der Waals surface area contributed by atoms with Gasteiger partial charge in [0, 0.05) is 37.5 Å². The lowest BCUT2D eigenvalue weighted by molar-refractivity contribution is -0.129. The molecule has 0 bridgehead atoms. The van der Waals surface area contributed by atoms with Crippen LogP contribution in [0, 0.1) is 0 Å². The molecule has 0 saturated heterocycles. The van der Waals surface area contributed by atoms with Crippen LogP contribution in [0.3, 0.4) is 0 Å². The van der Waals surface area contributed by atoms with E-state index in [0.717, 1.165) is 16.5 Å². The summed E-state index contributed by atoms with van der Waals surface area (Å²) in [5, 5.41) is 8.61. The van der Waals surface area contributed by atoms with E-state index in [-0.39, 0.29) is 18.4 Å². The molecule has 7 heteroatoms. The molecule has 122 valence electrons. The van der Waals surface area contributed by atoms with E-state index in [2.05, 4.69) is 20.9 Å². The van der Waals surface area contributed by atoms with Crippen molar-refractivity contribution in [3.8, 4) is 0 Å². The number of aromatic nitrogens is 1. The van der Waals surface area contributed by atoms with Gasteiger partial charge in [0.15, 0.2) is 0 Å². The van der Waals surface area contributed by atoms with E-state index < -0.39 is 11.9 Å². The minimum Gasteiger partial charge on any atom is -0.361 e. The Bertz CT molecular complexity index is 723. The van der Waals surface area contributed by atoms with E-state index in [0.29, 0.717) is 6.42 Å². The third-order valence-corrected chi connectivity index (χ3v) is 3.49. The van der Waals surface area contributed by atoms with Crippen LogP contribution in [0.2, 0.25) is 0 Å². The van der Waals surface area contributed by atoms with Crippen LogP contribution in [0.1, 0.15) is 12.5 Å². The van der Waals surface area contributed by atoms with Gasteiger partial charge in [-0.15, -0.1) is 0 Å². The predicted molar refractivity (Wildman–Crippen MR) is 86.7 cm³/mol. The number of aromatic amines is 1. The molecule has 2 rings (SSSR count). The molecular formula is C16H20N4O3. The molecule has 7 nitrogen and oxygen atoms in total. The molecule has 3 amide bonds. The van der Waals surface area contributed by atoms with Gasteiger partial charge in [0.1, 0.15) is 6.04 Å². The maximum atomic E-state index is 12.0. The van der Waals surface area contributed by atoms with Gasteiger partial charge in [-0.2, -0.15) is 0 Å². The second kappa shape index (κ2) is 7.44. The second-order valence-corrected chi connectivity index (χ2v) is 5.21. The van der Waals surface area contributed by atoms with E-state index in [1.165, 1.54) is 14.0 Å². The quantitative estimate of drug-likeness (QED) is 0.606. The average molecular weight is 316 g/mol. The molecule has 0 saturated carbocycles. The molecule has 0 unspecified atom stereocenters. The highest BCUT2D eigenvalue weighted by atomic mass is 16.2. The molecule has 4 N–H and O–H groups in total. The number of fused-ring (bicyclic) bond motifs is 1. The smallest absolute Gasteiger partial charge is 0.242 e. The molecule has 0 spiro atoms. The number of amides is 3. The van der Waals surface area contributed by atoms with Crippen molar-refractivity contribution in [2.45, 2.75) is 19.4 Å². The monoisotopic (exact) mass is 316 g/mol. The van der Waals surface area contributed by atoms with Crippen LogP contribution in [0.15, 0.2) is 30.5 Å². The van der Waals surface area contributed by atoms with Crippen LogP contribution in [0.5, 0.6) is 0 Å². The minimum atomic E-state index is -0.708. The maximum absolute atomic E-state index is 12.0. The number of carbonyl (C=O) groups is 3. The standard InChI is InChI=1S/C16H20N4O3/c1-10(21)18-9-15(22)20-14(16(23)17-2)7-11-8-19-13-6-4-3-5-12(11)13/h3-6,8,14,19H,7,9H2,1-2H3,(H,17,23)(H,18,21)(H,20,22)/t14-/m0/s1. The molecule has 0 radical (unpaired) electrons. The summed E-state index contributed by atoms with van der Waals surface area (Å²) >= 11 is 0. The highest BCUT2D eigenvalue weighted by Gasteiger charge is 2.21. The van der Waals surface area contributed by atoms with Crippen molar-refractivity contribution in [1.82, 2.24) is 20.9 Å².